The van der Waals surface area contributed by atoms with E-state index in [1.807, 2.05) is 0 Å². The number of hydrogen-bond acceptors (Lipinski definition) is 2. The van der Waals surface area contributed by atoms with Crippen molar-refractivity contribution in [2.45, 2.75) is 20.3 Å². The maximum atomic E-state index is 4.81. The molecule has 0 unspecified atom stereocenters. The molecular weight excluding hydrogens is 114 g/mol. The van der Waals surface area contributed by atoms with E-state index >= 15 is 0 Å². The Labute approximate surface area is 57.6 Å². The van der Waals surface area contributed by atoms with E-state index in [4.69, 9.17) is 4.74 Å². The van der Waals surface area contributed by atoms with Crippen LogP contribution in [0.3, 0.4) is 0 Å². The molecule has 0 radical (unpaired) electrons. The first kappa shape index (κ1) is 8.92. The summed E-state index contributed by atoms with van der Waals surface area (Å²) >= 11 is 0. The molecule has 9 heavy (non-hydrogen) atoms. The largest absolute Gasteiger partial charge is 0.370 e. The van der Waals surface area contributed by atoms with Crippen molar-refractivity contribution in [3.8, 4) is 0 Å². The van der Waals surface area contributed by atoms with Crippen LogP contribution in [0.15, 0.2) is 0 Å². The van der Waals surface area contributed by atoms with Crippen molar-refractivity contribution in [3.05, 3.63) is 0 Å². The van der Waals surface area contributed by atoms with E-state index < -0.39 is 0 Å². The van der Waals surface area contributed by atoms with E-state index in [-0.39, 0.29) is 0 Å². The SMILES string of the molecule is COCNCCC(C)C. The fraction of sp³-hybridized carbons (Fsp3) is 1.00. The minimum absolute atomic E-state index is 0.673. The van der Waals surface area contributed by atoms with Gasteiger partial charge in [0.2, 0.25) is 0 Å². The fourth-order valence-electron chi connectivity index (χ4n) is 0.565. The Hall–Kier alpha value is -0.0800. The van der Waals surface area contributed by atoms with Gasteiger partial charge >= 0.3 is 0 Å². The Bertz CT molecular complexity index is 54.9. The highest BCUT2D eigenvalue weighted by atomic mass is 16.5. The predicted octanol–water partition coefficient (Wildman–Crippen LogP) is 1.23. The van der Waals surface area contributed by atoms with Gasteiger partial charge in [0, 0.05) is 7.11 Å². The Morgan fingerprint density at radius 3 is 2.56 bits per heavy atom. The monoisotopic (exact) mass is 131 g/mol. The second-order valence-corrected chi connectivity index (χ2v) is 2.62. The maximum absolute atomic E-state index is 4.81. The lowest BCUT2D eigenvalue weighted by atomic mass is 10.1. The Balaban J connectivity index is 2.75. The van der Waals surface area contributed by atoms with Crippen molar-refractivity contribution in [2.75, 3.05) is 20.4 Å². The molecule has 0 fully saturated rings. The average Bonchev–Trinajstić information content (AvgIpc) is 1.80. The summed E-state index contributed by atoms with van der Waals surface area (Å²) < 4.78 is 4.81. The van der Waals surface area contributed by atoms with Gasteiger partial charge in [-0.3, -0.25) is 5.32 Å². The van der Waals surface area contributed by atoms with Crippen molar-refractivity contribution in [3.63, 3.8) is 0 Å². The van der Waals surface area contributed by atoms with Gasteiger partial charge in [-0.2, -0.15) is 0 Å². The zero-order valence-corrected chi connectivity index (χ0v) is 6.61. The van der Waals surface area contributed by atoms with Gasteiger partial charge < -0.3 is 4.74 Å². The second-order valence-electron chi connectivity index (χ2n) is 2.62. The van der Waals surface area contributed by atoms with Gasteiger partial charge in [0.1, 0.15) is 0 Å². The number of rotatable bonds is 5. The van der Waals surface area contributed by atoms with Gasteiger partial charge in [0.15, 0.2) is 0 Å². The molecule has 0 aromatic rings. The van der Waals surface area contributed by atoms with Crippen LogP contribution < -0.4 is 5.32 Å². The molecule has 0 atom stereocenters. The number of nitrogens with one attached hydrogen (secondary N) is 1. The number of hydrogen-bond donors (Lipinski definition) is 1. The summed E-state index contributed by atoms with van der Waals surface area (Å²) in [6.07, 6.45) is 1.23. The van der Waals surface area contributed by atoms with Crippen molar-refractivity contribution in [2.24, 2.45) is 5.92 Å². The molecule has 0 bridgehead atoms. The summed E-state index contributed by atoms with van der Waals surface area (Å²) in [6, 6.07) is 0. The Kier molecular flexibility index (Phi) is 5.99. The lowest BCUT2D eigenvalue weighted by Crippen LogP contribution is -2.18. The predicted molar refractivity (Wildman–Crippen MR) is 39.3 cm³/mol. The smallest absolute Gasteiger partial charge is 0.0961 e. The highest BCUT2D eigenvalue weighted by Crippen LogP contribution is 1.95. The molecule has 0 saturated heterocycles. The molecule has 0 aliphatic carbocycles. The molecule has 0 rings (SSSR count). The fourth-order valence-corrected chi connectivity index (χ4v) is 0.565. The quantitative estimate of drug-likeness (QED) is 0.447. The molecular formula is C7H17NO. The first-order chi connectivity index (χ1) is 4.27. The summed E-state index contributed by atoms with van der Waals surface area (Å²) in [5.41, 5.74) is 0. The average molecular weight is 131 g/mol. The van der Waals surface area contributed by atoms with Crippen LogP contribution >= 0.6 is 0 Å². The van der Waals surface area contributed by atoms with Crippen molar-refractivity contribution in [1.82, 2.24) is 5.32 Å². The summed E-state index contributed by atoms with van der Waals surface area (Å²) in [6.45, 7) is 6.17. The summed E-state index contributed by atoms with van der Waals surface area (Å²) in [7, 11) is 1.70. The van der Waals surface area contributed by atoms with Gasteiger partial charge in [-0.15, -0.1) is 0 Å². The minimum Gasteiger partial charge on any atom is -0.370 e. The van der Waals surface area contributed by atoms with Gasteiger partial charge in [0.25, 0.3) is 0 Å². The molecule has 0 aliphatic heterocycles. The van der Waals surface area contributed by atoms with Crippen LogP contribution in [-0.2, 0) is 4.74 Å². The maximum Gasteiger partial charge on any atom is 0.0961 e. The van der Waals surface area contributed by atoms with Gasteiger partial charge in [0.05, 0.1) is 6.73 Å². The highest BCUT2D eigenvalue weighted by Gasteiger charge is 1.90. The Morgan fingerprint density at radius 2 is 2.11 bits per heavy atom. The third kappa shape index (κ3) is 7.92. The molecule has 0 spiro atoms. The van der Waals surface area contributed by atoms with Crippen molar-refractivity contribution >= 4 is 0 Å². The molecule has 1 N–H and O–H groups in total. The molecule has 0 heterocycles. The van der Waals surface area contributed by atoms with Crippen LogP contribution in [0.4, 0.5) is 0 Å². The van der Waals surface area contributed by atoms with E-state index in [0.29, 0.717) is 6.73 Å². The third-order valence-corrected chi connectivity index (χ3v) is 1.14. The third-order valence-electron chi connectivity index (χ3n) is 1.14. The highest BCUT2D eigenvalue weighted by molar-refractivity contribution is 4.46. The zero-order valence-electron chi connectivity index (χ0n) is 6.61. The van der Waals surface area contributed by atoms with E-state index in [1.165, 1.54) is 6.42 Å². The normalized spacial score (nSPS) is 10.7. The summed E-state index contributed by atoms with van der Waals surface area (Å²) in [5, 5.41) is 3.14. The number of ether oxygens (including phenoxy) is 1. The first-order valence-electron chi connectivity index (χ1n) is 3.47. The molecule has 0 aliphatic rings. The van der Waals surface area contributed by atoms with Gasteiger partial charge in [-0.1, -0.05) is 13.8 Å². The van der Waals surface area contributed by atoms with Crippen molar-refractivity contribution < 1.29 is 4.74 Å². The molecule has 2 heteroatoms. The molecule has 0 amide bonds. The van der Waals surface area contributed by atoms with Gasteiger partial charge in [-0.05, 0) is 18.9 Å². The standard InChI is InChI=1S/C7H17NO/c1-7(2)4-5-8-6-9-3/h7-8H,4-6H2,1-3H3. The minimum atomic E-state index is 0.673. The van der Waals surface area contributed by atoms with Crippen LogP contribution in [0.2, 0.25) is 0 Å². The second kappa shape index (κ2) is 6.05. The topological polar surface area (TPSA) is 21.3 Å². The van der Waals surface area contributed by atoms with E-state index in [1.54, 1.807) is 7.11 Å². The summed E-state index contributed by atoms with van der Waals surface area (Å²) in [4.78, 5) is 0. The van der Waals surface area contributed by atoms with Crippen LogP contribution in [-0.4, -0.2) is 20.4 Å². The lowest BCUT2D eigenvalue weighted by molar-refractivity contribution is 0.174. The molecule has 0 aromatic carbocycles. The van der Waals surface area contributed by atoms with E-state index in [0.717, 1.165) is 12.5 Å². The van der Waals surface area contributed by atoms with Crippen LogP contribution in [0.25, 0.3) is 0 Å². The van der Waals surface area contributed by atoms with Crippen LogP contribution in [0, 0.1) is 5.92 Å². The molecule has 56 valence electrons. The van der Waals surface area contributed by atoms with E-state index in [9.17, 15) is 0 Å². The lowest BCUT2D eigenvalue weighted by Gasteiger charge is -2.04. The molecule has 0 saturated carbocycles. The van der Waals surface area contributed by atoms with Crippen molar-refractivity contribution in [1.29, 1.82) is 0 Å². The summed E-state index contributed by atoms with van der Waals surface area (Å²) in [5.74, 6) is 0.786. The van der Waals surface area contributed by atoms with Crippen LogP contribution in [0.1, 0.15) is 20.3 Å². The molecule has 2 nitrogen and oxygen atoms in total. The van der Waals surface area contributed by atoms with Gasteiger partial charge in [-0.25, -0.2) is 0 Å². The van der Waals surface area contributed by atoms with Crippen LogP contribution in [0.5, 0.6) is 0 Å². The number of methoxy groups -OCH3 is 1. The Morgan fingerprint density at radius 1 is 1.44 bits per heavy atom. The first-order valence-corrected chi connectivity index (χ1v) is 3.47. The van der Waals surface area contributed by atoms with E-state index in [2.05, 4.69) is 19.2 Å². The molecule has 0 aromatic heterocycles. The zero-order chi connectivity index (χ0) is 7.11.